The van der Waals surface area contributed by atoms with Gasteiger partial charge in [0.2, 0.25) is 0 Å². The van der Waals surface area contributed by atoms with Gasteiger partial charge in [0, 0.05) is 11.5 Å². The second kappa shape index (κ2) is 7.50. The molecule has 0 saturated carbocycles. The van der Waals surface area contributed by atoms with Gasteiger partial charge in [-0.05, 0) is 36.6 Å². The molecule has 0 aliphatic rings. The molecular formula is C18H14FN3O4S. The zero-order valence-corrected chi connectivity index (χ0v) is 14.9. The van der Waals surface area contributed by atoms with Crippen LogP contribution in [-0.2, 0) is 9.53 Å². The van der Waals surface area contributed by atoms with Gasteiger partial charge in [0.15, 0.2) is 6.61 Å². The number of thiophene rings is 1. The van der Waals surface area contributed by atoms with Gasteiger partial charge in [-0.15, -0.1) is 11.3 Å². The molecule has 27 heavy (non-hydrogen) atoms. The van der Waals surface area contributed by atoms with Crippen molar-refractivity contribution in [1.29, 1.82) is 0 Å². The Morgan fingerprint density at radius 1 is 1.22 bits per heavy atom. The average molecular weight is 387 g/mol. The van der Waals surface area contributed by atoms with Crippen LogP contribution in [0.4, 0.5) is 9.39 Å². The minimum absolute atomic E-state index is 0.177. The van der Waals surface area contributed by atoms with Crippen LogP contribution in [0, 0.1) is 12.7 Å². The third-order valence-electron chi connectivity index (χ3n) is 3.71. The summed E-state index contributed by atoms with van der Waals surface area (Å²) in [5.74, 6) is -2.44. The monoisotopic (exact) mass is 387 g/mol. The van der Waals surface area contributed by atoms with Crippen LogP contribution < -0.4 is 11.1 Å². The number of fused-ring (bicyclic) bond motifs is 1. The third-order valence-corrected chi connectivity index (χ3v) is 4.54. The van der Waals surface area contributed by atoms with Crippen molar-refractivity contribution in [1.82, 2.24) is 4.98 Å². The number of benzene rings is 1. The lowest BCUT2D eigenvalue weighted by Crippen LogP contribution is -2.22. The van der Waals surface area contributed by atoms with Crippen molar-refractivity contribution in [2.75, 3.05) is 11.9 Å². The lowest BCUT2D eigenvalue weighted by atomic mass is 10.1. The molecule has 0 atom stereocenters. The van der Waals surface area contributed by atoms with Gasteiger partial charge in [0.1, 0.15) is 10.8 Å². The first-order valence-corrected chi connectivity index (χ1v) is 8.64. The van der Waals surface area contributed by atoms with E-state index in [4.69, 9.17) is 10.5 Å². The van der Waals surface area contributed by atoms with E-state index in [0.29, 0.717) is 16.6 Å². The molecule has 0 fully saturated rings. The fourth-order valence-electron chi connectivity index (χ4n) is 2.41. The van der Waals surface area contributed by atoms with Gasteiger partial charge < -0.3 is 15.8 Å². The third kappa shape index (κ3) is 4.09. The molecule has 9 heteroatoms. The van der Waals surface area contributed by atoms with Crippen LogP contribution in [0.5, 0.6) is 0 Å². The maximum atomic E-state index is 13.3. The minimum atomic E-state index is -0.734. The van der Waals surface area contributed by atoms with Crippen LogP contribution in [-0.4, -0.2) is 29.4 Å². The molecule has 2 heterocycles. The summed E-state index contributed by atoms with van der Waals surface area (Å²) in [6.45, 7) is 1.04. The van der Waals surface area contributed by atoms with Crippen LogP contribution >= 0.6 is 11.3 Å². The van der Waals surface area contributed by atoms with E-state index in [-0.39, 0.29) is 16.1 Å². The lowest BCUT2D eigenvalue weighted by Gasteiger charge is -2.09. The van der Waals surface area contributed by atoms with E-state index in [1.807, 2.05) is 0 Å². The van der Waals surface area contributed by atoms with Gasteiger partial charge in [-0.1, -0.05) is 0 Å². The molecule has 1 aromatic carbocycles. The smallest absolute Gasteiger partial charge is 0.340 e. The first kappa shape index (κ1) is 18.5. The number of hydrogen-bond acceptors (Lipinski definition) is 6. The number of nitrogens with zero attached hydrogens (tertiary/aromatic N) is 1. The Morgan fingerprint density at radius 2 is 2.00 bits per heavy atom. The Hall–Kier alpha value is -3.33. The highest BCUT2D eigenvalue weighted by atomic mass is 32.1. The van der Waals surface area contributed by atoms with E-state index in [1.54, 1.807) is 12.3 Å². The number of rotatable bonds is 5. The molecule has 3 aromatic rings. The Morgan fingerprint density at radius 3 is 2.74 bits per heavy atom. The van der Waals surface area contributed by atoms with Crippen molar-refractivity contribution in [2.45, 2.75) is 6.92 Å². The zero-order valence-electron chi connectivity index (χ0n) is 14.1. The molecule has 0 unspecified atom stereocenters. The maximum absolute atomic E-state index is 13.3. The molecule has 0 radical (unpaired) electrons. The van der Waals surface area contributed by atoms with Crippen LogP contribution in [0.3, 0.4) is 0 Å². The van der Waals surface area contributed by atoms with Crippen molar-refractivity contribution in [3.63, 3.8) is 0 Å². The van der Waals surface area contributed by atoms with Crippen molar-refractivity contribution in [2.24, 2.45) is 5.73 Å². The molecule has 7 nitrogen and oxygen atoms in total. The Labute approximate surface area is 157 Å². The molecule has 0 aliphatic carbocycles. The van der Waals surface area contributed by atoms with E-state index in [2.05, 4.69) is 10.3 Å². The fraction of sp³-hybridized carbons (Fsp3) is 0.111. The van der Waals surface area contributed by atoms with E-state index >= 15 is 0 Å². The van der Waals surface area contributed by atoms with Gasteiger partial charge in [0.25, 0.3) is 11.8 Å². The number of halogens is 1. The van der Waals surface area contributed by atoms with E-state index < -0.39 is 30.2 Å². The number of carbonyl (C=O) groups excluding carboxylic acids is 3. The highest BCUT2D eigenvalue weighted by Crippen LogP contribution is 2.22. The van der Waals surface area contributed by atoms with Gasteiger partial charge in [-0.25, -0.2) is 9.18 Å². The lowest BCUT2D eigenvalue weighted by molar-refractivity contribution is -0.119. The molecule has 2 aromatic heterocycles. The topological polar surface area (TPSA) is 111 Å². The molecule has 0 bridgehead atoms. The SMILES string of the molecule is Cc1nc2cc(F)ccc2cc1C(=O)OCC(=O)Nc1sccc1C(N)=O. The number of anilines is 1. The Bertz CT molecular complexity index is 1060. The second-order valence-electron chi connectivity index (χ2n) is 5.61. The summed E-state index contributed by atoms with van der Waals surface area (Å²) < 4.78 is 18.3. The standard InChI is InChI=1S/C18H14FN3O4S/c1-9-13(6-10-2-3-11(19)7-14(10)21-9)18(25)26-8-15(23)22-17-12(16(20)24)4-5-27-17/h2-7H,8H2,1H3,(H2,20,24)(H,22,23). The number of carbonyl (C=O) groups is 3. The Kier molecular flexibility index (Phi) is 5.13. The first-order valence-electron chi connectivity index (χ1n) is 7.76. The van der Waals surface area contributed by atoms with Crippen molar-refractivity contribution in [3.05, 3.63) is 58.3 Å². The quantitative estimate of drug-likeness (QED) is 0.654. The van der Waals surface area contributed by atoms with E-state index in [1.165, 1.54) is 30.3 Å². The molecule has 2 amide bonds. The summed E-state index contributed by atoms with van der Waals surface area (Å²) in [6.07, 6.45) is 0. The van der Waals surface area contributed by atoms with Crippen LogP contribution in [0.15, 0.2) is 35.7 Å². The summed E-state index contributed by atoms with van der Waals surface area (Å²) >= 11 is 1.13. The number of nitrogens with one attached hydrogen (secondary N) is 1. The number of esters is 1. The highest BCUT2D eigenvalue weighted by molar-refractivity contribution is 7.14. The molecule has 3 N–H and O–H groups in total. The number of pyridine rings is 1. The summed E-state index contributed by atoms with van der Waals surface area (Å²) in [5.41, 5.74) is 6.33. The summed E-state index contributed by atoms with van der Waals surface area (Å²) in [4.78, 5) is 39.7. The molecule has 3 rings (SSSR count). The van der Waals surface area contributed by atoms with Crippen molar-refractivity contribution in [3.8, 4) is 0 Å². The predicted molar refractivity (Wildman–Crippen MR) is 98.2 cm³/mol. The van der Waals surface area contributed by atoms with Crippen LogP contribution in [0.25, 0.3) is 10.9 Å². The van der Waals surface area contributed by atoms with Crippen molar-refractivity contribution < 1.29 is 23.5 Å². The Balaban J connectivity index is 1.68. The zero-order chi connectivity index (χ0) is 19.6. The van der Waals surface area contributed by atoms with E-state index in [9.17, 15) is 18.8 Å². The van der Waals surface area contributed by atoms with Gasteiger partial charge in [-0.3, -0.25) is 14.6 Å². The van der Waals surface area contributed by atoms with E-state index in [0.717, 1.165) is 11.3 Å². The summed E-state index contributed by atoms with van der Waals surface area (Å²) in [7, 11) is 0. The van der Waals surface area contributed by atoms with Gasteiger partial charge in [-0.2, -0.15) is 0 Å². The maximum Gasteiger partial charge on any atom is 0.340 e. The largest absolute Gasteiger partial charge is 0.452 e. The number of nitrogens with two attached hydrogens (primary N) is 1. The number of aryl methyl sites for hydroxylation is 1. The molecule has 0 saturated heterocycles. The molecular weight excluding hydrogens is 373 g/mol. The number of primary amides is 1. The highest BCUT2D eigenvalue weighted by Gasteiger charge is 2.17. The fourth-order valence-corrected chi connectivity index (χ4v) is 3.22. The normalized spacial score (nSPS) is 10.6. The number of aromatic nitrogens is 1. The predicted octanol–water partition coefficient (Wildman–Crippen LogP) is 2.64. The molecule has 0 aliphatic heterocycles. The number of ether oxygens (including phenoxy) is 1. The molecule has 138 valence electrons. The summed E-state index contributed by atoms with van der Waals surface area (Å²) in [5, 5.41) is 4.94. The second-order valence-corrected chi connectivity index (χ2v) is 6.53. The van der Waals surface area contributed by atoms with Crippen LogP contribution in [0.1, 0.15) is 26.4 Å². The number of amides is 2. The van der Waals surface area contributed by atoms with Crippen molar-refractivity contribution >= 4 is 45.0 Å². The number of hydrogen-bond donors (Lipinski definition) is 2. The minimum Gasteiger partial charge on any atom is -0.452 e. The van der Waals surface area contributed by atoms with Gasteiger partial charge in [0.05, 0.1) is 22.3 Å². The summed E-state index contributed by atoms with van der Waals surface area (Å²) in [6, 6.07) is 7.05. The molecule has 0 spiro atoms. The van der Waals surface area contributed by atoms with Gasteiger partial charge >= 0.3 is 5.97 Å². The average Bonchev–Trinajstić information content (AvgIpc) is 3.07. The van der Waals surface area contributed by atoms with Crippen LogP contribution in [0.2, 0.25) is 0 Å². The first-order chi connectivity index (χ1) is 12.8.